The van der Waals surface area contributed by atoms with Crippen molar-refractivity contribution in [3.63, 3.8) is 0 Å². The van der Waals surface area contributed by atoms with Gasteiger partial charge in [0.2, 0.25) is 0 Å². The van der Waals surface area contributed by atoms with Gasteiger partial charge in [-0.15, -0.1) is 0 Å². The molecule has 0 aliphatic rings. The van der Waals surface area contributed by atoms with E-state index in [-0.39, 0.29) is 12.3 Å². The maximum absolute atomic E-state index is 11.4. The van der Waals surface area contributed by atoms with Gasteiger partial charge >= 0.3 is 5.97 Å². The summed E-state index contributed by atoms with van der Waals surface area (Å²) >= 11 is 0. The molecule has 0 unspecified atom stereocenters. The van der Waals surface area contributed by atoms with E-state index in [9.17, 15) is 4.79 Å². The van der Waals surface area contributed by atoms with E-state index in [2.05, 4.69) is 15.0 Å². The molecule has 0 aliphatic heterocycles. The van der Waals surface area contributed by atoms with Gasteiger partial charge in [0.15, 0.2) is 0 Å². The van der Waals surface area contributed by atoms with Crippen LogP contribution in [0.1, 0.15) is 12.6 Å². The highest BCUT2D eigenvalue weighted by Gasteiger charge is 2.08. The summed E-state index contributed by atoms with van der Waals surface area (Å²) in [6.45, 7) is 1.89. The molecule has 0 spiro atoms. The van der Waals surface area contributed by atoms with Crippen LogP contribution in [0.3, 0.4) is 0 Å². The van der Waals surface area contributed by atoms with Crippen LogP contribution in [0.5, 0.6) is 0 Å². The number of aromatic nitrogens is 1. The van der Waals surface area contributed by atoms with Crippen LogP contribution in [0, 0.1) is 0 Å². The number of nitrogens with zero attached hydrogens (tertiary/aromatic N) is 4. The van der Waals surface area contributed by atoms with Crippen molar-refractivity contribution in [1.82, 2.24) is 4.98 Å². The van der Waals surface area contributed by atoms with Gasteiger partial charge < -0.3 is 4.74 Å². The minimum absolute atomic E-state index is 0.108. The van der Waals surface area contributed by atoms with E-state index in [4.69, 9.17) is 10.3 Å². The van der Waals surface area contributed by atoms with Gasteiger partial charge in [0.05, 0.1) is 12.3 Å². The number of hydrogen-bond acceptors (Lipinski definition) is 4. The summed E-state index contributed by atoms with van der Waals surface area (Å²) in [4.78, 5) is 17.9. The zero-order chi connectivity index (χ0) is 11.8. The number of ether oxygens (including phenoxy) is 1. The van der Waals surface area contributed by atoms with E-state index < -0.39 is 5.97 Å². The number of rotatable bonds is 4. The van der Waals surface area contributed by atoms with Gasteiger partial charge in [0.25, 0.3) is 0 Å². The summed E-state index contributed by atoms with van der Waals surface area (Å²) in [5.41, 5.74) is 8.74. The normalized spacial score (nSPS) is 10.4. The van der Waals surface area contributed by atoms with Crippen LogP contribution in [-0.2, 0) is 9.53 Å². The third-order valence-corrected chi connectivity index (χ3v) is 1.61. The molecule has 1 aromatic heterocycles. The van der Waals surface area contributed by atoms with Crippen LogP contribution < -0.4 is 0 Å². The second-order valence-corrected chi connectivity index (χ2v) is 2.69. The summed E-state index contributed by atoms with van der Waals surface area (Å²) in [5.74, 6) is -0.661. The van der Waals surface area contributed by atoms with Crippen molar-refractivity contribution in [1.29, 1.82) is 0 Å². The number of esters is 1. The molecule has 0 fully saturated rings. The average molecular weight is 218 g/mol. The first-order valence-electron chi connectivity index (χ1n) is 4.63. The summed E-state index contributed by atoms with van der Waals surface area (Å²) in [6.07, 6.45) is 2.95. The number of azide groups is 1. The van der Waals surface area contributed by atoms with Crippen LogP contribution in [-0.4, -0.2) is 17.6 Å². The van der Waals surface area contributed by atoms with E-state index in [1.54, 1.807) is 31.3 Å². The van der Waals surface area contributed by atoms with Crippen molar-refractivity contribution in [2.24, 2.45) is 5.11 Å². The molecule has 1 rings (SSSR count). The van der Waals surface area contributed by atoms with Crippen molar-refractivity contribution in [2.75, 3.05) is 6.61 Å². The first-order chi connectivity index (χ1) is 7.77. The maximum Gasteiger partial charge on any atom is 0.340 e. The number of pyridine rings is 1. The number of carbonyl (C=O) groups is 1. The molecule has 1 aromatic rings. The molecule has 0 saturated heterocycles. The van der Waals surface area contributed by atoms with Gasteiger partial charge in [-0.2, -0.15) is 0 Å². The molecule has 6 heteroatoms. The van der Waals surface area contributed by atoms with Crippen LogP contribution in [0.2, 0.25) is 0 Å². The largest absolute Gasteiger partial charge is 0.462 e. The van der Waals surface area contributed by atoms with E-state index in [1.807, 2.05) is 0 Å². The highest BCUT2D eigenvalue weighted by Crippen LogP contribution is 2.07. The monoisotopic (exact) mass is 218 g/mol. The van der Waals surface area contributed by atoms with Crippen LogP contribution >= 0.6 is 0 Å². The van der Waals surface area contributed by atoms with Gasteiger partial charge in [0, 0.05) is 11.1 Å². The second-order valence-electron chi connectivity index (χ2n) is 2.69. The van der Waals surface area contributed by atoms with Crippen LogP contribution in [0.25, 0.3) is 16.5 Å². The molecule has 0 N–H and O–H groups in total. The standard InChI is InChI=1S/C10H10N4O2/c1-2-16-10(15)9(13-14-11)7-8-5-3-4-6-12-8/h3-7H,2H2,1H3. The minimum Gasteiger partial charge on any atom is -0.462 e. The van der Waals surface area contributed by atoms with Gasteiger partial charge in [-0.25, -0.2) is 4.79 Å². The quantitative estimate of drug-likeness (QED) is 0.255. The SMILES string of the molecule is CCOC(=O)C(=Cc1ccccn1)N=[N+]=[N-]. The van der Waals surface area contributed by atoms with Crippen molar-refractivity contribution in [3.05, 3.63) is 46.2 Å². The highest BCUT2D eigenvalue weighted by atomic mass is 16.5. The molecule has 16 heavy (non-hydrogen) atoms. The molecule has 0 saturated carbocycles. The molecule has 0 amide bonds. The summed E-state index contributed by atoms with van der Waals surface area (Å²) < 4.78 is 4.73. The van der Waals surface area contributed by atoms with Crippen LogP contribution in [0.4, 0.5) is 0 Å². The Morgan fingerprint density at radius 1 is 1.69 bits per heavy atom. The van der Waals surface area contributed by atoms with Gasteiger partial charge in [-0.1, -0.05) is 11.2 Å². The van der Waals surface area contributed by atoms with Gasteiger partial charge in [-0.3, -0.25) is 4.98 Å². The van der Waals surface area contributed by atoms with Crippen molar-refractivity contribution in [3.8, 4) is 0 Å². The molecule has 1 heterocycles. The fraction of sp³-hybridized carbons (Fsp3) is 0.200. The first kappa shape index (κ1) is 11.7. The lowest BCUT2D eigenvalue weighted by Crippen LogP contribution is -2.05. The number of hydrogen-bond donors (Lipinski definition) is 0. The first-order valence-corrected chi connectivity index (χ1v) is 4.63. The summed E-state index contributed by atoms with van der Waals surface area (Å²) in [7, 11) is 0. The predicted molar refractivity (Wildman–Crippen MR) is 58.0 cm³/mol. The van der Waals surface area contributed by atoms with Gasteiger partial charge in [-0.05, 0) is 30.7 Å². The maximum atomic E-state index is 11.4. The topological polar surface area (TPSA) is 88.0 Å². The van der Waals surface area contributed by atoms with E-state index in [1.165, 1.54) is 6.08 Å². The van der Waals surface area contributed by atoms with E-state index in [0.717, 1.165) is 0 Å². The molecule has 82 valence electrons. The lowest BCUT2D eigenvalue weighted by atomic mass is 10.3. The summed E-state index contributed by atoms with van der Waals surface area (Å²) in [6, 6.07) is 5.19. The summed E-state index contributed by atoms with van der Waals surface area (Å²) in [5, 5.41) is 3.27. The third-order valence-electron chi connectivity index (χ3n) is 1.61. The minimum atomic E-state index is -0.661. The lowest BCUT2D eigenvalue weighted by molar-refractivity contribution is -0.138. The second kappa shape index (κ2) is 6.21. The van der Waals surface area contributed by atoms with Crippen molar-refractivity contribution in [2.45, 2.75) is 6.92 Å². The van der Waals surface area contributed by atoms with Crippen molar-refractivity contribution >= 4 is 12.0 Å². The van der Waals surface area contributed by atoms with E-state index in [0.29, 0.717) is 5.69 Å². The molecule has 0 atom stereocenters. The Morgan fingerprint density at radius 2 is 2.50 bits per heavy atom. The highest BCUT2D eigenvalue weighted by molar-refractivity contribution is 5.92. The predicted octanol–water partition coefficient (Wildman–Crippen LogP) is 2.30. The lowest BCUT2D eigenvalue weighted by Gasteiger charge is -2.00. The van der Waals surface area contributed by atoms with Gasteiger partial charge in [0.1, 0.15) is 5.70 Å². The molecular weight excluding hydrogens is 208 g/mol. The molecular formula is C10H10N4O2. The molecule has 0 aromatic carbocycles. The Kier molecular flexibility index (Phi) is 4.56. The Bertz CT molecular complexity index is 435. The molecule has 6 nitrogen and oxygen atoms in total. The zero-order valence-corrected chi connectivity index (χ0v) is 8.70. The Morgan fingerprint density at radius 3 is 3.06 bits per heavy atom. The molecule has 0 aliphatic carbocycles. The van der Waals surface area contributed by atoms with Crippen molar-refractivity contribution < 1.29 is 9.53 Å². The average Bonchev–Trinajstić information content (AvgIpc) is 2.30. The number of carbonyl (C=O) groups excluding carboxylic acids is 1. The smallest absolute Gasteiger partial charge is 0.340 e. The zero-order valence-electron chi connectivity index (χ0n) is 8.70. The van der Waals surface area contributed by atoms with Crippen LogP contribution in [0.15, 0.2) is 35.2 Å². The van der Waals surface area contributed by atoms with E-state index >= 15 is 0 Å². The fourth-order valence-electron chi connectivity index (χ4n) is 0.983. The third kappa shape index (κ3) is 3.43. The Hall–Kier alpha value is -2.33. The molecule has 0 bridgehead atoms. The Labute approximate surface area is 92.2 Å². The Balaban J connectivity index is 2.98. The molecule has 0 radical (unpaired) electrons. The fourth-order valence-corrected chi connectivity index (χ4v) is 0.983.